The van der Waals surface area contributed by atoms with Crippen LogP contribution < -0.4 is 0 Å². The van der Waals surface area contributed by atoms with E-state index in [1.54, 1.807) is 0 Å². The van der Waals surface area contributed by atoms with E-state index in [1.807, 2.05) is 0 Å². The number of hydrogen-bond donors (Lipinski definition) is 0. The van der Waals surface area contributed by atoms with E-state index in [0.717, 1.165) is 0 Å². The van der Waals surface area contributed by atoms with Gasteiger partial charge in [-0.15, -0.1) is 0 Å². The topological polar surface area (TPSA) is 0 Å². The average molecular weight is 347 g/mol. The molecule has 21 heavy (non-hydrogen) atoms. The first-order valence-electron chi connectivity index (χ1n) is 8.36. The van der Waals surface area contributed by atoms with Gasteiger partial charge in [0.15, 0.2) is 0 Å². The summed E-state index contributed by atoms with van der Waals surface area (Å²) >= 11 is 3.94. The van der Waals surface area contributed by atoms with Crippen molar-refractivity contribution in [1.29, 1.82) is 0 Å². The van der Waals surface area contributed by atoms with Crippen LogP contribution in [0.2, 0.25) is 0 Å². The zero-order valence-electron chi connectivity index (χ0n) is 13.4. The number of aryl methyl sites for hydroxylation is 1. The van der Waals surface area contributed by atoms with Crippen LogP contribution in [-0.4, -0.2) is 0 Å². The van der Waals surface area contributed by atoms with Gasteiger partial charge in [0.05, 0.1) is 0 Å². The summed E-state index contributed by atoms with van der Waals surface area (Å²) < 4.78 is 0. The lowest BCUT2D eigenvalue weighted by Gasteiger charge is -2.16. The van der Waals surface area contributed by atoms with E-state index in [2.05, 4.69) is 66.2 Å². The fraction of sp³-hybridized carbons (Fsp3) is 0.500. The van der Waals surface area contributed by atoms with Gasteiger partial charge in [0.25, 0.3) is 0 Å². The quantitative estimate of drug-likeness (QED) is 0.346. The van der Waals surface area contributed by atoms with Crippen LogP contribution in [0.4, 0.5) is 0 Å². The highest BCUT2D eigenvalue weighted by Crippen LogP contribution is 2.36. The molecule has 0 N–H and O–H groups in total. The number of fused-ring (bicyclic) bond motifs is 1. The van der Waals surface area contributed by atoms with Gasteiger partial charge in [-0.2, -0.15) is 0 Å². The molecule has 1 atom stereocenters. The second kappa shape index (κ2) is 8.58. The predicted octanol–water partition coefficient (Wildman–Crippen LogP) is 7.33. The van der Waals surface area contributed by atoms with Crippen LogP contribution in [0.3, 0.4) is 0 Å². The summed E-state index contributed by atoms with van der Waals surface area (Å²) in [6.07, 6.45) is 9.43. The monoisotopic (exact) mass is 346 g/mol. The summed E-state index contributed by atoms with van der Waals surface area (Å²) in [6, 6.07) is 13.2. The van der Waals surface area contributed by atoms with Crippen LogP contribution >= 0.6 is 15.9 Å². The van der Waals surface area contributed by atoms with Gasteiger partial charge in [0.2, 0.25) is 0 Å². The molecule has 1 heteroatoms. The highest BCUT2D eigenvalue weighted by atomic mass is 79.9. The Balaban J connectivity index is 1.99. The maximum Gasteiger partial charge on any atom is 0.0404 e. The second-order valence-electron chi connectivity index (χ2n) is 6.04. The zero-order valence-corrected chi connectivity index (χ0v) is 15.0. The molecule has 0 aliphatic rings. The molecule has 0 spiro atoms. The molecule has 2 aromatic rings. The van der Waals surface area contributed by atoms with Crippen LogP contribution in [0, 0.1) is 6.92 Å². The minimum atomic E-state index is 0.481. The highest BCUT2D eigenvalue weighted by molar-refractivity contribution is 9.09. The SMILES string of the molecule is CCCCCCCCC(Br)c1c(C)ccc2ccccc12. The van der Waals surface area contributed by atoms with Crippen molar-refractivity contribution in [2.75, 3.05) is 0 Å². The van der Waals surface area contributed by atoms with Gasteiger partial charge in [0, 0.05) is 4.83 Å². The Bertz CT molecular complexity index is 559. The van der Waals surface area contributed by atoms with Gasteiger partial charge < -0.3 is 0 Å². The molecule has 114 valence electrons. The van der Waals surface area contributed by atoms with Crippen molar-refractivity contribution in [1.82, 2.24) is 0 Å². The number of benzene rings is 2. The Morgan fingerprint density at radius 2 is 1.62 bits per heavy atom. The van der Waals surface area contributed by atoms with Crippen molar-refractivity contribution in [3.05, 3.63) is 47.5 Å². The maximum absolute atomic E-state index is 3.94. The molecule has 0 nitrogen and oxygen atoms in total. The fourth-order valence-electron chi connectivity index (χ4n) is 3.07. The molecule has 2 rings (SSSR count). The maximum atomic E-state index is 3.94. The number of rotatable bonds is 8. The number of unbranched alkanes of at least 4 members (excludes halogenated alkanes) is 5. The van der Waals surface area contributed by atoms with E-state index in [1.165, 1.54) is 66.8 Å². The Morgan fingerprint density at radius 3 is 2.43 bits per heavy atom. The standard InChI is InChI=1S/C20H27Br/c1-3-4-5-6-7-8-13-19(21)20-16(2)14-15-17-11-9-10-12-18(17)20/h9-12,14-15,19H,3-8,13H2,1-2H3. The van der Waals surface area contributed by atoms with Crippen molar-refractivity contribution >= 4 is 26.7 Å². The normalized spacial score (nSPS) is 12.7. The molecule has 0 saturated heterocycles. The van der Waals surface area contributed by atoms with Gasteiger partial charge in [-0.3, -0.25) is 0 Å². The lowest BCUT2D eigenvalue weighted by molar-refractivity contribution is 0.588. The molecular formula is C20H27Br. The van der Waals surface area contributed by atoms with Crippen LogP contribution in [0.15, 0.2) is 36.4 Å². The van der Waals surface area contributed by atoms with E-state index in [0.29, 0.717) is 4.83 Å². The molecule has 0 bridgehead atoms. The van der Waals surface area contributed by atoms with Gasteiger partial charge in [-0.1, -0.05) is 97.8 Å². The van der Waals surface area contributed by atoms with Crippen molar-refractivity contribution in [3.63, 3.8) is 0 Å². The lowest BCUT2D eigenvalue weighted by Crippen LogP contribution is -1.96. The van der Waals surface area contributed by atoms with E-state index in [-0.39, 0.29) is 0 Å². The molecule has 0 amide bonds. The summed E-state index contributed by atoms with van der Waals surface area (Å²) in [5.41, 5.74) is 2.89. The average Bonchev–Trinajstić information content (AvgIpc) is 2.50. The Labute approximate surface area is 138 Å². The van der Waals surface area contributed by atoms with Gasteiger partial charge in [-0.25, -0.2) is 0 Å². The molecule has 0 saturated carbocycles. The van der Waals surface area contributed by atoms with Crippen LogP contribution in [0.25, 0.3) is 10.8 Å². The highest BCUT2D eigenvalue weighted by Gasteiger charge is 2.13. The minimum absolute atomic E-state index is 0.481. The Hall–Kier alpha value is -0.820. The zero-order chi connectivity index (χ0) is 15.1. The molecular weight excluding hydrogens is 320 g/mol. The third-order valence-corrected chi connectivity index (χ3v) is 5.23. The predicted molar refractivity (Wildman–Crippen MR) is 98.3 cm³/mol. The molecule has 0 aliphatic heterocycles. The Kier molecular flexibility index (Phi) is 6.76. The molecule has 0 heterocycles. The molecule has 0 radical (unpaired) electrons. The summed E-state index contributed by atoms with van der Waals surface area (Å²) in [7, 11) is 0. The van der Waals surface area contributed by atoms with Gasteiger partial charge in [-0.05, 0) is 35.2 Å². The van der Waals surface area contributed by atoms with Crippen molar-refractivity contribution < 1.29 is 0 Å². The van der Waals surface area contributed by atoms with E-state index < -0.39 is 0 Å². The van der Waals surface area contributed by atoms with Crippen molar-refractivity contribution in [2.24, 2.45) is 0 Å². The van der Waals surface area contributed by atoms with Gasteiger partial charge in [0.1, 0.15) is 0 Å². The first kappa shape index (κ1) is 16.5. The number of hydrogen-bond acceptors (Lipinski definition) is 0. The van der Waals surface area contributed by atoms with Crippen molar-refractivity contribution in [2.45, 2.75) is 63.6 Å². The van der Waals surface area contributed by atoms with Gasteiger partial charge >= 0.3 is 0 Å². The van der Waals surface area contributed by atoms with E-state index >= 15 is 0 Å². The molecule has 0 aromatic heterocycles. The van der Waals surface area contributed by atoms with E-state index in [9.17, 15) is 0 Å². The number of halogens is 1. The number of alkyl halides is 1. The summed E-state index contributed by atoms with van der Waals surface area (Å²) in [5, 5.41) is 2.76. The van der Waals surface area contributed by atoms with Crippen LogP contribution in [-0.2, 0) is 0 Å². The smallest absolute Gasteiger partial charge is 0.0404 e. The molecule has 1 unspecified atom stereocenters. The summed E-state index contributed by atoms with van der Waals surface area (Å²) in [6.45, 7) is 4.51. The largest absolute Gasteiger partial charge is 0.0838 e. The van der Waals surface area contributed by atoms with Crippen LogP contribution in [0.5, 0.6) is 0 Å². The fourth-order valence-corrected chi connectivity index (χ4v) is 4.00. The summed E-state index contributed by atoms with van der Waals surface area (Å²) in [4.78, 5) is 0.481. The van der Waals surface area contributed by atoms with Crippen LogP contribution in [0.1, 0.15) is 67.8 Å². The third kappa shape index (κ3) is 4.57. The third-order valence-electron chi connectivity index (χ3n) is 4.31. The second-order valence-corrected chi connectivity index (χ2v) is 7.15. The molecule has 0 fully saturated rings. The lowest BCUT2D eigenvalue weighted by atomic mass is 9.95. The van der Waals surface area contributed by atoms with Crippen molar-refractivity contribution in [3.8, 4) is 0 Å². The minimum Gasteiger partial charge on any atom is -0.0838 e. The molecule has 0 aliphatic carbocycles. The first-order chi connectivity index (χ1) is 10.2. The van der Waals surface area contributed by atoms with E-state index in [4.69, 9.17) is 0 Å². The first-order valence-corrected chi connectivity index (χ1v) is 9.28. The summed E-state index contributed by atoms with van der Waals surface area (Å²) in [5.74, 6) is 0. The molecule has 2 aromatic carbocycles. The Morgan fingerprint density at radius 1 is 0.905 bits per heavy atom.